The zero-order chi connectivity index (χ0) is 51.8. The van der Waals surface area contributed by atoms with Crippen molar-refractivity contribution in [2.24, 2.45) is 0 Å². The Hall–Kier alpha value is -2.59. The van der Waals surface area contributed by atoms with Gasteiger partial charge >= 0.3 is 71.6 Å². The highest BCUT2D eigenvalue weighted by molar-refractivity contribution is 7.33. The minimum atomic E-state index is -8.21. The molecule has 0 saturated carbocycles. The van der Waals surface area contributed by atoms with Crippen molar-refractivity contribution in [3.63, 3.8) is 0 Å². The van der Waals surface area contributed by atoms with E-state index in [1.54, 1.807) is 0 Å². The van der Waals surface area contributed by atoms with Gasteiger partial charge in [-0.1, -0.05) is 39.3 Å². The summed E-state index contributed by atoms with van der Waals surface area (Å²) in [5.41, 5.74) is -4.52. The molecule has 0 amide bonds. The molecule has 0 spiro atoms. The Morgan fingerprint density at radius 2 is 0.530 bits per heavy atom. The molecule has 66 heavy (non-hydrogen) atoms. The normalized spacial score (nSPS) is 15.6. The summed E-state index contributed by atoms with van der Waals surface area (Å²) in [7, 11) is -6.15. The lowest BCUT2D eigenvalue weighted by atomic mass is 9.90. The predicted molar refractivity (Wildman–Crippen MR) is 200 cm³/mol. The molecule has 0 N–H and O–H groups in total. The molecule has 32 heteroatoms. The summed E-state index contributed by atoms with van der Waals surface area (Å²) < 4.78 is 368. The monoisotopic (exact) mass is 1110 g/mol. The maximum atomic E-state index is 15.7. The maximum Gasteiger partial charge on any atom is 0.460 e. The third-order valence-electron chi connectivity index (χ3n) is 9.39. The molecule has 4 heterocycles. The van der Waals surface area contributed by atoms with Crippen LogP contribution in [0.25, 0.3) is 29.3 Å². The topological polar surface area (TPSA) is 0 Å². The molecule has 0 unspecified atom stereocenters. The standard InChI is InChI=1S/C34H24F26S4Si2/c1-65(2,3)19-11-13(23(35,36)25(39,40)27(43,44)29(47,48)31(51,52)33(55,56)57)21(63-19)17-9-7-15(61-17)16-8-10-18(62-16)22-14(12-20(64-22)66(4,5)6)24(37,38)26(41,42)28(45,46)30(49,50)32(53,54)34(58,59)60/h7-12H,1-6H3. The summed E-state index contributed by atoms with van der Waals surface area (Å²) in [6.45, 7) is 8.08. The van der Waals surface area contributed by atoms with Crippen LogP contribution in [0.15, 0.2) is 36.4 Å². The molecule has 0 aliphatic rings. The molecule has 0 aromatic carbocycles. The third kappa shape index (κ3) is 8.19. The van der Waals surface area contributed by atoms with Crippen molar-refractivity contribution in [2.75, 3.05) is 0 Å². The van der Waals surface area contributed by atoms with Gasteiger partial charge in [0.25, 0.3) is 0 Å². The van der Waals surface area contributed by atoms with E-state index in [4.69, 9.17) is 0 Å². The molecule has 0 atom stereocenters. The fourth-order valence-electron chi connectivity index (χ4n) is 5.42. The van der Waals surface area contributed by atoms with Crippen molar-refractivity contribution in [3.8, 4) is 29.3 Å². The second-order valence-corrected chi connectivity index (χ2v) is 31.3. The van der Waals surface area contributed by atoms with Gasteiger partial charge in [-0.2, -0.15) is 114 Å². The summed E-state index contributed by atoms with van der Waals surface area (Å²) in [5.74, 6) is -77.5. The summed E-state index contributed by atoms with van der Waals surface area (Å²) in [4.78, 5) is -4.23. The number of hydrogen-bond acceptors (Lipinski definition) is 4. The Morgan fingerprint density at radius 1 is 0.303 bits per heavy atom. The first kappa shape index (κ1) is 56.0. The molecule has 4 aromatic heterocycles. The second-order valence-electron chi connectivity index (χ2n) is 16.3. The van der Waals surface area contributed by atoms with E-state index >= 15 is 35.1 Å². The highest BCUT2D eigenvalue weighted by atomic mass is 32.1. The minimum Gasteiger partial charge on any atom is -0.194 e. The molecular formula is C34H24F26S4Si2. The number of rotatable bonds is 15. The van der Waals surface area contributed by atoms with Gasteiger partial charge in [-0.25, -0.2) is 0 Å². The van der Waals surface area contributed by atoms with E-state index in [2.05, 4.69) is 0 Å². The summed E-state index contributed by atoms with van der Waals surface area (Å²) in [5, 5.41) is 0. The van der Waals surface area contributed by atoms with Gasteiger partial charge in [0.15, 0.2) is 0 Å². The van der Waals surface area contributed by atoms with Crippen molar-refractivity contribution in [1.29, 1.82) is 0 Å². The van der Waals surface area contributed by atoms with E-state index in [9.17, 15) is 79.0 Å². The van der Waals surface area contributed by atoms with Crippen LogP contribution in [0.1, 0.15) is 11.1 Å². The zero-order valence-electron chi connectivity index (χ0n) is 32.9. The lowest BCUT2D eigenvalue weighted by Gasteiger charge is -2.39. The highest BCUT2D eigenvalue weighted by Gasteiger charge is 2.92. The number of halogens is 26. The Labute approximate surface area is 371 Å². The Morgan fingerprint density at radius 3 is 0.758 bits per heavy atom. The third-order valence-corrected chi connectivity index (χ3v) is 21.5. The SMILES string of the molecule is C[Si](C)(C)c1cc(C(F)(F)C(F)(F)C(F)(F)C(F)(F)C(F)(F)C(F)(F)F)c(-c2ccc(-c3ccc(-c4sc([Si](C)(C)C)cc4C(F)(F)C(F)(F)C(F)(F)C(F)(F)C(F)(F)C(F)(F)F)s3)s2)s1. The first-order valence-electron chi connectivity index (χ1n) is 17.3. The van der Waals surface area contributed by atoms with Crippen molar-refractivity contribution < 1.29 is 114 Å². The van der Waals surface area contributed by atoms with E-state index < -0.39 is 118 Å². The van der Waals surface area contributed by atoms with Crippen LogP contribution in [0, 0.1) is 0 Å². The Kier molecular flexibility index (Phi) is 13.6. The van der Waals surface area contributed by atoms with Crippen LogP contribution in [-0.4, -0.2) is 75.9 Å². The molecule has 4 rings (SSSR count). The van der Waals surface area contributed by atoms with E-state index in [1.807, 2.05) is 0 Å². The van der Waals surface area contributed by atoms with Gasteiger partial charge in [-0.05, 0) is 45.4 Å². The van der Waals surface area contributed by atoms with Gasteiger partial charge in [0.2, 0.25) is 0 Å². The average Bonchev–Trinajstić information content (AvgIpc) is 3.94. The summed E-state index contributed by atoms with van der Waals surface area (Å²) >= 11 is 0.731. The van der Waals surface area contributed by atoms with Crippen LogP contribution in [0.2, 0.25) is 39.3 Å². The van der Waals surface area contributed by atoms with E-state index in [0.717, 1.165) is 24.3 Å². The van der Waals surface area contributed by atoms with Crippen LogP contribution < -0.4 is 9.00 Å². The minimum absolute atomic E-state index is 0.118. The molecular weight excluding hydrogens is 1090 g/mol. The van der Waals surface area contributed by atoms with E-state index in [-0.39, 0.29) is 76.2 Å². The quantitative estimate of drug-likeness (QED) is 0.0822. The van der Waals surface area contributed by atoms with E-state index in [1.165, 1.54) is 39.3 Å². The molecule has 4 aromatic rings. The van der Waals surface area contributed by atoms with Crippen LogP contribution in [-0.2, 0) is 11.8 Å². The number of hydrogen-bond donors (Lipinski definition) is 0. The molecule has 0 aliphatic heterocycles. The molecule has 0 nitrogen and oxygen atoms in total. The second kappa shape index (κ2) is 16.0. The van der Waals surface area contributed by atoms with Gasteiger partial charge in [0.05, 0.1) is 25.9 Å². The number of thiophene rings is 4. The van der Waals surface area contributed by atoms with Gasteiger partial charge in [0.1, 0.15) is 0 Å². The summed E-state index contributed by atoms with van der Waals surface area (Å²) in [6.07, 6.45) is -15.3. The van der Waals surface area contributed by atoms with Gasteiger partial charge < -0.3 is 0 Å². The zero-order valence-corrected chi connectivity index (χ0v) is 38.2. The van der Waals surface area contributed by atoms with Crippen molar-refractivity contribution in [3.05, 3.63) is 47.5 Å². The van der Waals surface area contributed by atoms with Crippen LogP contribution in [0.4, 0.5) is 114 Å². The molecule has 0 saturated heterocycles. The lowest BCUT2D eigenvalue weighted by molar-refractivity contribution is -0.441. The van der Waals surface area contributed by atoms with Crippen LogP contribution in [0.3, 0.4) is 0 Å². The summed E-state index contributed by atoms with van der Waals surface area (Å²) in [6, 6.07) is 3.54. The molecule has 0 fully saturated rings. The Bertz CT molecular complexity index is 2250. The lowest BCUT2D eigenvalue weighted by Crippen LogP contribution is -2.69. The number of alkyl halides is 26. The highest BCUT2D eigenvalue weighted by Crippen LogP contribution is 2.65. The average molecular weight is 1110 g/mol. The molecule has 0 bridgehead atoms. The predicted octanol–water partition coefficient (Wildman–Crippen LogP) is 16.4. The Balaban J connectivity index is 1.89. The van der Waals surface area contributed by atoms with Crippen molar-refractivity contribution in [2.45, 2.75) is 111 Å². The van der Waals surface area contributed by atoms with Crippen molar-refractivity contribution >= 4 is 70.5 Å². The smallest absolute Gasteiger partial charge is 0.194 e. The van der Waals surface area contributed by atoms with Gasteiger partial charge in [0, 0.05) is 30.6 Å². The molecule has 374 valence electrons. The first-order valence-corrected chi connectivity index (χ1v) is 27.5. The first-order chi connectivity index (χ1) is 28.9. The van der Waals surface area contributed by atoms with Crippen LogP contribution >= 0.6 is 45.3 Å². The molecule has 0 radical (unpaired) electrons. The fraction of sp³-hybridized carbons (Fsp3) is 0.529. The van der Waals surface area contributed by atoms with Crippen LogP contribution in [0.5, 0.6) is 0 Å². The van der Waals surface area contributed by atoms with Gasteiger partial charge in [-0.3, -0.25) is 0 Å². The maximum absolute atomic E-state index is 15.7. The largest absolute Gasteiger partial charge is 0.460 e. The van der Waals surface area contributed by atoms with Gasteiger partial charge in [-0.15, -0.1) is 45.3 Å². The van der Waals surface area contributed by atoms with Crippen molar-refractivity contribution in [1.82, 2.24) is 0 Å². The fourth-order valence-corrected chi connectivity index (χ4v) is 13.9. The van der Waals surface area contributed by atoms with E-state index in [0.29, 0.717) is 0 Å². The molecule has 0 aliphatic carbocycles.